The molecule has 0 aromatic heterocycles. The minimum atomic E-state index is -0.396. The number of aryl methyl sites for hydroxylation is 1. The van der Waals surface area contributed by atoms with Crippen molar-refractivity contribution in [1.29, 1.82) is 0 Å². The average molecular weight is 473 g/mol. The smallest absolute Gasteiger partial charge is 0.266 e. The Bertz CT molecular complexity index is 1620. The average Bonchev–Trinajstić information content (AvgIpc) is 3.28. The van der Waals surface area contributed by atoms with Gasteiger partial charge in [0.1, 0.15) is 0 Å². The maximum Gasteiger partial charge on any atom is 0.266 e. The zero-order valence-electron chi connectivity index (χ0n) is 19.6. The SMILES string of the molecule is Cc1ccc(-c2ccc(N3C(=O)c4ccc(-c5ccc6c(c5)C(=O)N(C)C6=O)cc4C3=O)cc2)cc1. The number of nitrogens with zero attached hydrogens (tertiary/aromatic N) is 2. The molecule has 0 atom stereocenters. The molecular formula is C30H20N2O4. The van der Waals surface area contributed by atoms with Gasteiger partial charge in [-0.25, -0.2) is 4.90 Å². The summed E-state index contributed by atoms with van der Waals surface area (Å²) in [6, 6.07) is 25.6. The molecule has 0 saturated carbocycles. The first-order chi connectivity index (χ1) is 17.3. The predicted molar refractivity (Wildman–Crippen MR) is 136 cm³/mol. The van der Waals surface area contributed by atoms with Gasteiger partial charge in [-0.3, -0.25) is 24.1 Å². The normalized spacial score (nSPS) is 14.5. The Kier molecular flexibility index (Phi) is 4.73. The molecule has 0 N–H and O–H groups in total. The molecule has 0 unspecified atom stereocenters. The van der Waals surface area contributed by atoms with E-state index in [0.717, 1.165) is 16.0 Å². The first-order valence-corrected chi connectivity index (χ1v) is 11.5. The van der Waals surface area contributed by atoms with Crippen molar-refractivity contribution in [2.45, 2.75) is 6.92 Å². The lowest BCUT2D eigenvalue weighted by Crippen LogP contribution is -2.29. The van der Waals surface area contributed by atoms with Gasteiger partial charge >= 0.3 is 0 Å². The number of fused-ring (bicyclic) bond motifs is 2. The highest BCUT2D eigenvalue weighted by molar-refractivity contribution is 6.34. The van der Waals surface area contributed by atoms with Crippen molar-refractivity contribution < 1.29 is 19.2 Å². The van der Waals surface area contributed by atoms with Gasteiger partial charge in [0.2, 0.25) is 0 Å². The van der Waals surface area contributed by atoms with Crippen molar-refractivity contribution in [3.05, 3.63) is 113 Å². The van der Waals surface area contributed by atoms with Gasteiger partial charge in [0.05, 0.1) is 27.9 Å². The number of hydrogen-bond donors (Lipinski definition) is 0. The third-order valence-electron chi connectivity index (χ3n) is 6.82. The molecule has 6 heteroatoms. The highest BCUT2D eigenvalue weighted by Crippen LogP contribution is 2.34. The van der Waals surface area contributed by atoms with Crippen LogP contribution in [0.2, 0.25) is 0 Å². The highest BCUT2D eigenvalue weighted by atomic mass is 16.2. The van der Waals surface area contributed by atoms with Gasteiger partial charge in [0, 0.05) is 7.05 Å². The van der Waals surface area contributed by atoms with Crippen molar-refractivity contribution in [3.63, 3.8) is 0 Å². The molecule has 2 aliphatic heterocycles. The lowest BCUT2D eigenvalue weighted by Gasteiger charge is -2.14. The second-order valence-corrected chi connectivity index (χ2v) is 9.05. The summed E-state index contributed by atoms with van der Waals surface area (Å²) in [4.78, 5) is 53.3. The Morgan fingerprint density at radius 2 is 0.889 bits per heavy atom. The van der Waals surface area contributed by atoms with Gasteiger partial charge in [-0.15, -0.1) is 0 Å². The molecule has 6 nitrogen and oxygen atoms in total. The topological polar surface area (TPSA) is 74.8 Å². The van der Waals surface area contributed by atoms with Crippen LogP contribution in [0.15, 0.2) is 84.9 Å². The van der Waals surface area contributed by atoms with Crippen LogP contribution in [0, 0.1) is 6.92 Å². The summed E-state index contributed by atoms with van der Waals surface area (Å²) in [6.45, 7) is 2.03. The monoisotopic (exact) mass is 472 g/mol. The van der Waals surface area contributed by atoms with E-state index in [-0.39, 0.29) is 17.7 Å². The van der Waals surface area contributed by atoms with Crippen LogP contribution in [-0.2, 0) is 0 Å². The lowest BCUT2D eigenvalue weighted by molar-refractivity contribution is 0.0692. The van der Waals surface area contributed by atoms with Crippen LogP contribution in [-0.4, -0.2) is 35.6 Å². The van der Waals surface area contributed by atoms with Gasteiger partial charge in [-0.05, 0) is 65.6 Å². The van der Waals surface area contributed by atoms with Crippen LogP contribution in [0.4, 0.5) is 5.69 Å². The maximum absolute atomic E-state index is 13.3. The van der Waals surface area contributed by atoms with Crippen LogP contribution >= 0.6 is 0 Å². The number of hydrogen-bond acceptors (Lipinski definition) is 4. The van der Waals surface area contributed by atoms with Gasteiger partial charge in [-0.1, -0.05) is 54.1 Å². The van der Waals surface area contributed by atoms with E-state index < -0.39 is 5.91 Å². The molecule has 4 aromatic carbocycles. The van der Waals surface area contributed by atoms with Crippen LogP contribution < -0.4 is 4.90 Å². The maximum atomic E-state index is 13.3. The number of imide groups is 2. The predicted octanol–water partition coefficient (Wildman–Crippen LogP) is 5.36. The molecule has 0 aliphatic carbocycles. The van der Waals surface area contributed by atoms with Crippen LogP contribution in [0.25, 0.3) is 22.3 Å². The van der Waals surface area contributed by atoms with E-state index in [0.29, 0.717) is 39.1 Å². The van der Waals surface area contributed by atoms with Crippen LogP contribution in [0.3, 0.4) is 0 Å². The Morgan fingerprint density at radius 1 is 0.472 bits per heavy atom. The second-order valence-electron chi connectivity index (χ2n) is 9.05. The van der Waals surface area contributed by atoms with E-state index in [1.165, 1.54) is 17.5 Å². The molecule has 4 aromatic rings. The van der Waals surface area contributed by atoms with Crippen molar-refractivity contribution in [2.75, 3.05) is 11.9 Å². The number of carbonyl (C=O) groups is 4. The Hall–Kier alpha value is -4.84. The third-order valence-corrected chi connectivity index (χ3v) is 6.82. The van der Waals surface area contributed by atoms with E-state index in [1.54, 1.807) is 48.5 Å². The Labute approximate surface area is 207 Å². The number of benzene rings is 4. The van der Waals surface area contributed by atoms with Crippen molar-refractivity contribution in [2.24, 2.45) is 0 Å². The summed E-state index contributed by atoms with van der Waals surface area (Å²) in [5.74, 6) is -1.46. The molecule has 0 radical (unpaired) electrons. The number of rotatable bonds is 3. The van der Waals surface area contributed by atoms with Gasteiger partial charge in [0.25, 0.3) is 23.6 Å². The van der Waals surface area contributed by atoms with Crippen LogP contribution in [0.5, 0.6) is 0 Å². The molecular weight excluding hydrogens is 452 g/mol. The summed E-state index contributed by atoms with van der Waals surface area (Å²) in [6.07, 6.45) is 0. The fourth-order valence-corrected chi connectivity index (χ4v) is 4.74. The minimum Gasteiger partial charge on any atom is -0.277 e. The summed E-state index contributed by atoms with van der Waals surface area (Å²) in [5, 5.41) is 0. The fourth-order valence-electron chi connectivity index (χ4n) is 4.74. The Balaban J connectivity index is 1.32. The molecule has 0 saturated heterocycles. The van der Waals surface area contributed by atoms with Gasteiger partial charge < -0.3 is 0 Å². The summed E-state index contributed by atoms with van der Waals surface area (Å²) < 4.78 is 0. The van der Waals surface area contributed by atoms with Crippen molar-refractivity contribution >= 4 is 29.3 Å². The molecule has 2 heterocycles. The quantitative estimate of drug-likeness (QED) is 0.377. The molecule has 36 heavy (non-hydrogen) atoms. The summed E-state index contributed by atoms with van der Waals surface area (Å²) >= 11 is 0. The van der Waals surface area contributed by atoms with Gasteiger partial charge in [-0.2, -0.15) is 0 Å². The van der Waals surface area contributed by atoms with Crippen LogP contribution in [0.1, 0.15) is 47.0 Å². The second kappa shape index (κ2) is 7.85. The van der Waals surface area contributed by atoms with E-state index >= 15 is 0 Å². The summed E-state index contributed by atoms with van der Waals surface area (Å²) in [7, 11) is 1.45. The standard InChI is InChI=1S/C30H20N2O4/c1-17-3-5-18(6-4-17)19-7-11-22(12-8-19)32-29(35)24-14-10-21(16-26(24)30(32)36)20-9-13-23-25(15-20)28(34)31(2)27(23)33/h3-16H,1-2H3. The number of carbonyl (C=O) groups excluding carboxylic acids is 4. The van der Waals surface area contributed by atoms with Crippen molar-refractivity contribution in [3.8, 4) is 22.3 Å². The number of amides is 4. The highest BCUT2D eigenvalue weighted by Gasteiger charge is 2.37. The molecule has 0 bridgehead atoms. The molecule has 0 spiro atoms. The Morgan fingerprint density at radius 3 is 1.47 bits per heavy atom. The first-order valence-electron chi connectivity index (χ1n) is 11.5. The largest absolute Gasteiger partial charge is 0.277 e. The summed E-state index contributed by atoms with van der Waals surface area (Å²) in [5.41, 5.74) is 6.43. The molecule has 174 valence electrons. The third kappa shape index (κ3) is 3.19. The zero-order valence-corrected chi connectivity index (χ0v) is 19.6. The molecule has 4 amide bonds. The van der Waals surface area contributed by atoms with E-state index in [9.17, 15) is 19.2 Å². The lowest BCUT2D eigenvalue weighted by atomic mass is 9.97. The van der Waals surface area contributed by atoms with E-state index in [4.69, 9.17) is 0 Å². The molecule has 0 fully saturated rings. The fraction of sp³-hybridized carbons (Fsp3) is 0.0667. The number of anilines is 1. The van der Waals surface area contributed by atoms with E-state index in [2.05, 4.69) is 0 Å². The first kappa shape index (κ1) is 21.7. The zero-order chi connectivity index (χ0) is 25.1. The molecule has 2 aliphatic rings. The van der Waals surface area contributed by atoms with Crippen molar-refractivity contribution in [1.82, 2.24) is 4.90 Å². The molecule has 6 rings (SSSR count). The minimum absolute atomic E-state index is 0.306. The van der Waals surface area contributed by atoms with Gasteiger partial charge in [0.15, 0.2) is 0 Å². The van der Waals surface area contributed by atoms with E-state index in [1.807, 2.05) is 43.3 Å².